The van der Waals surface area contributed by atoms with Crippen molar-refractivity contribution < 1.29 is 9.53 Å². The van der Waals surface area contributed by atoms with Crippen LogP contribution in [0, 0.1) is 11.7 Å². The van der Waals surface area contributed by atoms with Gasteiger partial charge in [-0.25, -0.2) is 4.79 Å². The highest BCUT2D eigenvalue weighted by Gasteiger charge is 2.04. The molecule has 0 bridgehead atoms. The highest BCUT2D eigenvalue weighted by Crippen LogP contribution is 2.04. The summed E-state index contributed by atoms with van der Waals surface area (Å²) in [4.78, 5) is 23.1. The zero-order chi connectivity index (χ0) is 15.4. The SMILES string of the molecule is COC(=O)c1ccc(/C=N\n2c(=S)[nH]nc(C)c2=O)cc1. The van der Waals surface area contributed by atoms with Gasteiger partial charge in [0.25, 0.3) is 5.56 Å². The molecule has 0 saturated heterocycles. The first-order valence-corrected chi connectivity index (χ1v) is 6.35. The van der Waals surface area contributed by atoms with Gasteiger partial charge in [-0.05, 0) is 36.8 Å². The van der Waals surface area contributed by atoms with Crippen LogP contribution in [0.2, 0.25) is 0 Å². The maximum Gasteiger partial charge on any atom is 0.337 e. The van der Waals surface area contributed by atoms with Crippen molar-refractivity contribution in [3.05, 3.63) is 56.2 Å². The normalized spacial score (nSPS) is 10.8. The maximum absolute atomic E-state index is 11.8. The summed E-state index contributed by atoms with van der Waals surface area (Å²) in [5.41, 5.74) is 1.02. The van der Waals surface area contributed by atoms with Gasteiger partial charge in [-0.3, -0.25) is 9.89 Å². The molecule has 7 nitrogen and oxygen atoms in total. The van der Waals surface area contributed by atoms with Gasteiger partial charge in [0, 0.05) is 0 Å². The minimum absolute atomic E-state index is 0.105. The number of aromatic nitrogens is 3. The second-order valence-electron chi connectivity index (χ2n) is 4.09. The molecule has 1 aromatic carbocycles. The van der Waals surface area contributed by atoms with E-state index < -0.39 is 5.97 Å². The van der Waals surface area contributed by atoms with Crippen molar-refractivity contribution in [1.29, 1.82) is 0 Å². The Kier molecular flexibility index (Phi) is 4.39. The van der Waals surface area contributed by atoms with E-state index in [1.54, 1.807) is 31.2 Å². The molecule has 0 aliphatic rings. The number of aryl methyl sites for hydroxylation is 1. The first-order chi connectivity index (χ1) is 10.0. The van der Waals surface area contributed by atoms with Crippen molar-refractivity contribution in [3.63, 3.8) is 0 Å². The van der Waals surface area contributed by atoms with Gasteiger partial charge in [0.15, 0.2) is 0 Å². The summed E-state index contributed by atoms with van der Waals surface area (Å²) in [6.45, 7) is 1.56. The van der Waals surface area contributed by atoms with Gasteiger partial charge in [-0.2, -0.15) is 14.9 Å². The molecule has 2 aromatic rings. The lowest BCUT2D eigenvalue weighted by atomic mass is 10.1. The van der Waals surface area contributed by atoms with E-state index in [0.29, 0.717) is 11.1 Å². The van der Waals surface area contributed by atoms with Crippen LogP contribution in [0.3, 0.4) is 0 Å². The standard InChI is InChI=1S/C13H12N4O3S/c1-8-11(18)17(13(21)16-15-8)14-7-9-3-5-10(6-4-9)12(19)20-2/h3-7H,1-2H3,(H,16,21)/b14-7-. The first-order valence-electron chi connectivity index (χ1n) is 5.94. The van der Waals surface area contributed by atoms with Gasteiger partial charge in [0.2, 0.25) is 4.77 Å². The number of carbonyl (C=O) groups excluding carboxylic acids is 1. The number of H-pyrrole nitrogens is 1. The zero-order valence-electron chi connectivity index (χ0n) is 11.4. The Morgan fingerprint density at radius 2 is 2.10 bits per heavy atom. The third-order valence-corrected chi connectivity index (χ3v) is 2.93. The molecule has 1 aromatic heterocycles. The number of hydrogen-bond acceptors (Lipinski definition) is 6. The molecule has 108 valence electrons. The summed E-state index contributed by atoms with van der Waals surface area (Å²) in [6.07, 6.45) is 1.46. The summed E-state index contributed by atoms with van der Waals surface area (Å²) in [7, 11) is 1.32. The fourth-order valence-electron chi connectivity index (χ4n) is 1.52. The molecule has 0 saturated carbocycles. The number of hydrogen-bond donors (Lipinski definition) is 1. The third kappa shape index (κ3) is 3.29. The van der Waals surface area contributed by atoms with Gasteiger partial charge in [-0.15, -0.1) is 0 Å². The smallest absolute Gasteiger partial charge is 0.337 e. The third-order valence-electron chi connectivity index (χ3n) is 2.67. The molecule has 8 heteroatoms. The molecule has 21 heavy (non-hydrogen) atoms. The molecule has 0 unspecified atom stereocenters. The van der Waals surface area contributed by atoms with Crippen molar-refractivity contribution in [2.75, 3.05) is 7.11 Å². The first kappa shape index (κ1) is 14.8. The predicted octanol–water partition coefficient (Wildman–Crippen LogP) is 1.28. The van der Waals surface area contributed by atoms with Crippen LogP contribution in [0.1, 0.15) is 21.6 Å². The quantitative estimate of drug-likeness (QED) is 0.524. The Labute approximate surface area is 124 Å². The van der Waals surface area contributed by atoms with E-state index in [0.717, 1.165) is 4.68 Å². The van der Waals surface area contributed by atoms with Crippen LogP contribution >= 0.6 is 12.2 Å². The van der Waals surface area contributed by atoms with E-state index in [1.165, 1.54) is 13.3 Å². The number of methoxy groups -OCH3 is 1. The molecule has 1 N–H and O–H groups in total. The highest BCUT2D eigenvalue weighted by molar-refractivity contribution is 7.71. The van der Waals surface area contributed by atoms with Crippen molar-refractivity contribution in [2.24, 2.45) is 5.10 Å². The average molecular weight is 304 g/mol. The number of benzene rings is 1. The molecule has 1 heterocycles. The average Bonchev–Trinajstić information content (AvgIpc) is 2.51. The summed E-state index contributed by atoms with van der Waals surface area (Å²) >= 11 is 4.96. The number of nitrogens with zero attached hydrogens (tertiary/aromatic N) is 3. The fourth-order valence-corrected chi connectivity index (χ4v) is 1.70. The summed E-state index contributed by atoms with van der Waals surface area (Å²) < 4.78 is 5.76. The van der Waals surface area contributed by atoms with Gasteiger partial charge >= 0.3 is 5.97 Å². The number of nitrogens with one attached hydrogen (secondary N) is 1. The monoisotopic (exact) mass is 304 g/mol. The summed E-state index contributed by atoms with van der Waals surface area (Å²) in [5.74, 6) is -0.415. The Morgan fingerprint density at radius 3 is 2.71 bits per heavy atom. The Hall–Kier alpha value is -2.61. The van der Waals surface area contributed by atoms with Gasteiger partial charge < -0.3 is 4.74 Å². The second kappa shape index (κ2) is 6.23. The van der Waals surface area contributed by atoms with Gasteiger partial charge in [0.1, 0.15) is 5.69 Å². The number of aromatic amines is 1. The minimum atomic E-state index is -0.415. The molecular weight excluding hydrogens is 292 g/mol. The van der Waals surface area contributed by atoms with Crippen molar-refractivity contribution in [1.82, 2.24) is 14.9 Å². The van der Waals surface area contributed by atoms with Gasteiger partial charge in [-0.1, -0.05) is 12.1 Å². The Balaban J connectivity index is 2.30. The van der Waals surface area contributed by atoms with Crippen LogP contribution in [0.4, 0.5) is 0 Å². The molecule has 0 aliphatic heterocycles. The van der Waals surface area contributed by atoms with Gasteiger partial charge in [0.05, 0.1) is 18.9 Å². The van der Waals surface area contributed by atoms with Crippen LogP contribution in [-0.4, -0.2) is 34.2 Å². The van der Waals surface area contributed by atoms with Crippen LogP contribution in [-0.2, 0) is 4.74 Å². The van der Waals surface area contributed by atoms with E-state index in [-0.39, 0.29) is 16.0 Å². The number of carbonyl (C=O) groups is 1. The lowest BCUT2D eigenvalue weighted by Crippen LogP contribution is -2.22. The number of rotatable bonds is 3. The molecule has 0 atom stereocenters. The minimum Gasteiger partial charge on any atom is -0.465 e. The van der Waals surface area contributed by atoms with E-state index in [2.05, 4.69) is 20.0 Å². The fraction of sp³-hybridized carbons (Fsp3) is 0.154. The van der Waals surface area contributed by atoms with E-state index in [9.17, 15) is 9.59 Å². The van der Waals surface area contributed by atoms with Crippen LogP contribution < -0.4 is 5.56 Å². The number of ether oxygens (including phenoxy) is 1. The second-order valence-corrected chi connectivity index (χ2v) is 4.48. The van der Waals surface area contributed by atoms with Crippen molar-refractivity contribution in [2.45, 2.75) is 6.92 Å². The molecule has 0 amide bonds. The van der Waals surface area contributed by atoms with Crippen LogP contribution in [0.15, 0.2) is 34.2 Å². The van der Waals surface area contributed by atoms with Crippen LogP contribution in [0.5, 0.6) is 0 Å². The largest absolute Gasteiger partial charge is 0.465 e. The lowest BCUT2D eigenvalue weighted by molar-refractivity contribution is 0.0601. The Morgan fingerprint density at radius 1 is 1.43 bits per heavy atom. The summed E-state index contributed by atoms with van der Waals surface area (Å²) in [6, 6.07) is 6.58. The maximum atomic E-state index is 11.8. The topological polar surface area (TPSA) is 89.3 Å². The molecular formula is C13H12N4O3S. The molecule has 0 spiro atoms. The van der Waals surface area contributed by atoms with Crippen LogP contribution in [0.25, 0.3) is 0 Å². The molecule has 0 radical (unpaired) electrons. The molecule has 0 aliphatic carbocycles. The zero-order valence-corrected chi connectivity index (χ0v) is 12.2. The molecule has 0 fully saturated rings. The van der Waals surface area contributed by atoms with E-state index in [1.807, 2.05) is 0 Å². The Bertz CT molecular complexity index is 805. The lowest BCUT2D eigenvalue weighted by Gasteiger charge is -2.00. The molecule has 2 rings (SSSR count). The predicted molar refractivity (Wildman–Crippen MR) is 79.2 cm³/mol. The van der Waals surface area contributed by atoms with E-state index >= 15 is 0 Å². The number of esters is 1. The van der Waals surface area contributed by atoms with Crippen molar-refractivity contribution >= 4 is 24.4 Å². The summed E-state index contributed by atoms with van der Waals surface area (Å²) in [5, 5.41) is 10.3. The van der Waals surface area contributed by atoms with E-state index in [4.69, 9.17) is 12.2 Å². The highest BCUT2D eigenvalue weighted by atomic mass is 32.1. The van der Waals surface area contributed by atoms with Crippen molar-refractivity contribution in [3.8, 4) is 0 Å².